The molecule has 0 bridgehead atoms. The number of nitrogens with two attached hydrogens (primary N) is 1. The van der Waals surface area contributed by atoms with Gasteiger partial charge in [0.25, 0.3) is 5.91 Å². The Morgan fingerprint density at radius 1 is 1.28 bits per heavy atom. The van der Waals surface area contributed by atoms with Crippen molar-refractivity contribution < 1.29 is 4.79 Å². The maximum atomic E-state index is 11.8. The Hall–Kier alpha value is -2.02. The summed E-state index contributed by atoms with van der Waals surface area (Å²) in [4.78, 5) is 16.0. The summed E-state index contributed by atoms with van der Waals surface area (Å²) < 4.78 is 0.882. The van der Waals surface area contributed by atoms with E-state index >= 15 is 0 Å². The third-order valence-electron chi connectivity index (χ3n) is 2.18. The number of anilines is 2. The van der Waals surface area contributed by atoms with Gasteiger partial charge in [-0.1, -0.05) is 0 Å². The Labute approximate surface area is 112 Å². The molecule has 0 aliphatic carbocycles. The number of pyridine rings is 1. The van der Waals surface area contributed by atoms with Gasteiger partial charge in [-0.2, -0.15) is 0 Å². The lowest BCUT2D eigenvalue weighted by Crippen LogP contribution is -2.15. The van der Waals surface area contributed by atoms with Crippen molar-refractivity contribution in [2.24, 2.45) is 0 Å². The molecule has 1 amide bonds. The number of amides is 1. The van der Waals surface area contributed by atoms with Crippen LogP contribution in [0.3, 0.4) is 0 Å². The lowest BCUT2D eigenvalue weighted by atomic mass is 10.3. The number of nitrogens with zero attached hydrogens (tertiary/aromatic N) is 3. The summed E-state index contributed by atoms with van der Waals surface area (Å²) in [7, 11) is 0. The van der Waals surface area contributed by atoms with E-state index in [9.17, 15) is 4.79 Å². The average molecular weight is 308 g/mol. The van der Waals surface area contributed by atoms with Crippen LogP contribution in [-0.2, 0) is 0 Å². The van der Waals surface area contributed by atoms with Crippen LogP contribution in [0.2, 0.25) is 0 Å². The molecule has 0 unspecified atom stereocenters. The molecule has 0 aliphatic heterocycles. The molecule has 7 heteroatoms. The molecule has 0 aliphatic rings. The van der Waals surface area contributed by atoms with Gasteiger partial charge < -0.3 is 11.1 Å². The van der Waals surface area contributed by atoms with E-state index in [0.29, 0.717) is 5.82 Å². The third kappa shape index (κ3) is 2.80. The second-order valence-electron chi connectivity index (χ2n) is 3.56. The van der Waals surface area contributed by atoms with Crippen molar-refractivity contribution in [2.45, 2.75) is 6.92 Å². The molecule has 2 aromatic rings. The molecule has 0 radical (unpaired) electrons. The second kappa shape index (κ2) is 5.09. The molecule has 18 heavy (non-hydrogen) atoms. The second-order valence-corrected chi connectivity index (χ2v) is 4.42. The smallest absolute Gasteiger partial charge is 0.277 e. The molecule has 3 N–H and O–H groups in total. The van der Waals surface area contributed by atoms with Crippen LogP contribution in [0.5, 0.6) is 0 Å². The molecule has 0 saturated heterocycles. The minimum absolute atomic E-state index is 0.187. The fraction of sp³-hybridized carbons (Fsp3) is 0.0909. The number of carbonyl (C=O) groups excluding carboxylic acids is 1. The first kappa shape index (κ1) is 12.4. The van der Waals surface area contributed by atoms with E-state index in [1.807, 2.05) is 13.0 Å². The minimum Gasteiger partial charge on any atom is -0.382 e. The zero-order chi connectivity index (χ0) is 13.1. The van der Waals surface area contributed by atoms with Gasteiger partial charge >= 0.3 is 0 Å². The molecule has 0 atom stereocenters. The Bertz CT molecular complexity index is 584. The number of hydrogen-bond acceptors (Lipinski definition) is 5. The van der Waals surface area contributed by atoms with Gasteiger partial charge in [0.1, 0.15) is 11.6 Å². The molecule has 0 aromatic carbocycles. The van der Waals surface area contributed by atoms with Gasteiger partial charge in [-0.25, -0.2) is 4.98 Å². The molecule has 0 spiro atoms. The van der Waals surface area contributed by atoms with Crippen LogP contribution in [0.25, 0.3) is 0 Å². The SMILES string of the molecule is Cc1nc(NC(=O)c2ccc(N)nn2)ccc1Br. The normalized spacial score (nSPS) is 10.1. The van der Waals surface area contributed by atoms with Crippen LogP contribution >= 0.6 is 15.9 Å². The first-order chi connectivity index (χ1) is 8.56. The Morgan fingerprint density at radius 2 is 2.06 bits per heavy atom. The van der Waals surface area contributed by atoms with E-state index < -0.39 is 0 Å². The van der Waals surface area contributed by atoms with Crippen LogP contribution < -0.4 is 11.1 Å². The highest BCUT2D eigenvalue weighted by molar-refractivity contribution is 9.10. The van der Waals surface area contributed by atoms with Crippen molar-refractivity contribution in [3.8, 4) is 0 Å². The van der Waals surface area contributed by atoms with Crippen LogP contribution in [0, 0.1) is 6.92 Å². The number of rotatable bonds is 2. The first-order valence-electron chi connectivity index (χ1n) is 5.10. The zero-order valence-corrected chi connectivity index (χ0v) is 11.1. The molecule has 0 fully saturated rings. The molecule has 92 valence electrons. The summed E-state index contributed by atoms with van der Waals surface area (Å²) in [5.74, 6) is 0.347. The summed E-state index contributed by atoms with van der Waals surface area (Å²) in [5.41, 5.74) is 6.37. The predicted molar refractivity (Wildman–Crippen MR) is 71.1 cm³/mol. The molecule has 2 aromatic heterocycles. The van der Waals surface area contributed by atoms with Crippen molar-refractivity contribution in [3.63, 3.8) is 0 Å². The fourth-order valence-corrected chi connectivity index (χ4v) is 1.48. The largest absolute Gasteiger partial charge is 0.382 e. The monoisotopic (exact) mass is 307 g/mol. The first-order valence-corrected chi connectivity index (χ1v) is 5.89. The van der Waals surface area contributed by atoms with Crippen molar-refractivity contribution in [1.82, 2.24) is 15.2 Å². The number of hydrogen-bond donors (Lipinski definition) is 2. The van der Waals surface area contributed by atoms with Crippen LogP contribution in [0.1, 0.15) is 16.2 Å². The Balaban J connectivity index is 2.16. The highest BCUT2D eigenvalue weighted by Crippen LogP contribution is 2.16. The molecule has 0 saturated carbocycles. The van der Waals surface area contributed by atoms with E-state index in [1.54, 1.807) is 6.07 Å². The number of aryl methyl sites for hydroxylation is 1. The van der Waals surface area contributed by atoms with Gasteiger partial charge in [0.15, 0.2) is 5.69 Å². The van der Waals surface area contributed by atoms with Gasteiger partial charge in [0.05, 0.1) is 5.69 Å². The molecule has 6 nitrogen and oxygen atoms in total. The number of nitrogens with one attached hydrogen (secondary N) is 1. The lowest BCUT2D eigenvalue weighted by Gasteiger charge is -2.05. The standard InChI is InChI=1S/C11H10BrN5O/c1-6-7(12)2-5-10(14-6)15-11(18)8-3-4-9(13)17-16-8/h2-5H,1H3,(H2,13,17)(H,14,15,18). The van der Waals surface area contributed by atoms with Gasteiger partial charge in [0, 0.05) is 4.47 Å². The number of nitrogen functional groups attached to an aromatic ring is 1. The highest BCUT2D eigenvalue weighted by Gasteiger charge is 2.09. The van der Waals surface area contributed by atoms with Crippen molar-refractivity contribution in [3.05, 3.63) is 40.1 Å². The van der Waals surface area contributed by atoms with Crippen LogP contribution in [-0.4, -0.2) is 21.1 Å². The van der Waals surface area contributed by atoms with Crippen molar-refractivity contribution in [1.29, 1.82) is 0 Å². The summed E-state index contributed by atoms with van der Waals surface area (Å²) in [6, 6.07) is 6.53. The van der Waals surface area contributed by atoms with Crippen LogP contribution in [0.15, 0.2) is 28.7 Å². The number of aromatic nitrogens is 3. The Kier molecular flexibility index (Phi) is 3.52. The Morgan fingerprint density at radius 3 is 2.67 bits per heavy atom. The van der Waals surface area contributed by atoms with Gasteiger partial charge in [-0.05, 0) is 47.1 Å². The van der Waals surface area contributed by atoms with E-state index in [-0.39, 0.29) is 17.4 Å². The van der Waals surface area contributed by atoms with Crippen LogP contribution in [0.4, 0.5) is 11.6 Å². The zero-order valence-electron chi connectivity index (χ0n) is 9.51. The predicted octanol–water partition coefficient (Wildman–Crippen LogP) is 1.78. The molecular formula is C11H10BrN5O. The molecular weight excluding hydrogens is 298 g/mol. The van der Waals surface area contributed by atoms with E-state index in [2.05, 4.69) is 36.4 Å². The van der Waals surface area contributed by atoms with Gasteiger partial charge in [-0.3, -0.25) is 4.79 Å². The van der Waals surface area contributed by atoms with Gasteiger partial charge in [0.2, 0.25) is 0 Å². The average Bonchev–Trinajstić information content (AvgIpc) is 2.34. The van der Waals surface area contributed by atoms with Crippen molar-refractivity contribution in [2.75, 3.05) is 11.1 Å². The molecule has 2 heterocycles. The van der Waals surface area contributed by atoms with E-state index in [4.69, 9.17) is 5.73 Å². The summed E-state index contributed by atoms with van der Waals surface area (Å²) >= 11 is 3.34. The summed E-state index contributed by atoms with van der Waals surface area (Å²) in [6.07, 6.45) is 0. The van der Waals surface area contributed by atoms with Gasteiger partial charge in [-0.15, -0.1) is 10.2 Å². The number of carbonyl (C=O) groups is 1. The summed E-state index contributed by atoms with van der Waals surface area (Å²) in [5, 5.41) is 9.93. The molecule has 2 rings (SSSR count). The maximum absolute atomic E-state index is 11.8. The third-order valence-corrected chi connectivity index (χ3v) is 3.02. The highest BCUT2D eigenvalue weighted by atomic mass is 79.9. The topological polar surface area (TPSA) is 93.8 Å². The lowest BCUT2D eigenvalue weighted by molar-refractivity contribution is 0.102. The fourth-order valence-electron chi connectivity index (χ4n) is 1.26. The maximum Gasteiger partial charge on any atom is 0.277 e. The number of halogens is 1. The minimum atomic E-state index is -0.378. The summed E-state index contributed by atoms with van der Waals surface area (Å²) in [6.45, 7) is 1.84. The van der Waals surface area contributed by atoms with E-state index in [0.717, 1.165) is 10.2 Å². The van der Waals surface area contributed by atoms with Crippen molar-refractivity contribution >= 4 is 33.5 Å². The quantitative estimate of drug-likeness (QED) is 0.882. The van der Waals surface area contributed by atoms with E-state index in [1.165, 1.54) is 12.1 Å².